The summed E-state index contributed by atoms with van der Waals surface area (Å²) in [6.45, 7) is 1.74. The van der Waals surface area contributed by atoms with Crippen LogP contribution in [0.4, 0.5) is 8.78 Å². The minimum atomic E-state index is -4.68. The standard InChI is InChI=1S/C17H14F2N2O3S/c1-11(13-4-2-12(10-20)3-5-13)21-16(22)14-6-8-15(9-7-14)25(23,24)17(18)19/h2-9,11,17H,1H3,(H,21,22). The summed E-state index contributed by atoms with van der Waals surface area (Å²) in [6.07, 6.45) is 0. The van der Waals surface area contributed by atoms with Crippen molar-refractivity contribution in [1.82, 2.24) is 5.32 Å². The van der Waals surface area contributed by atoms with Crippen LogP contribution in [0.2, 0.25) is 0 Å². The molecule has 1 unspecified atom stereocenters. The van der Waals surface area contributed by atoms with E-state index in [1.165, 1.54) is 12.1 Å². The molecule has 8 heteroatoms. The third kappa shape index (κ3) is 4.19. The molecule has 130 valence electrons. The molecule has 0 radical (unpaired) electrons. The van der Waals surface area contributed by atoms with Gasteiger partial charge in [-0.2, -0.15) is 14.0 Å². The molecular weight excluding hydrogens is 350 g/mol. The summed E-state index contributed by atoms with van der Waals surface area (Å²) in [5.74, 6) is -3.98. The highest BCUT2D eigenvalue weighted by atomic mass is 32.2. The van der Waals surface area contributed by atoms with Crippen molar-refractivity contribution in [3.05, 3.63) is 65.2 Å². The summed E-state index contributed by atoms with van der Waals surface area (Å²) in [5.41, 5.74) is 1.43. The Balaban J connectivity index is 2.11. The average molecular weight is 364 g/mol. The molecule has 0 fully saturated rings. The number of alkyl halides is 2. The molecule has 0 aliphatic rings. The van der Waals surface area contributed by atoms with Gasteiger partial charge in [0.2, 0.25) is 9.84 Å². The van der Waals surface area contributed by atoms with E-state index >= 15 is 0 Å². The second-order valence-electron chi connectivity index (χ2n) is 5.26. The highest BCUT2D eigenvalue weighted by Crippen LogP contribution is 2.19. The number of halogens is 2. The Bertz CT molecular complexity index is 902. The van der Waals surface area contributed by atoms with Crippen LogP contribution in [0.1, 0.15) is 34.5 Å². The maximum Gasteiger partial charge on any atom is 0.341 e. The van der Waals surface area contributed by atoms with Crippen molar-refractivity contribution in [2.24, 2.45) is 0 Å². The van der Waals surface area contributed by atoms with E-state index in [0.29, 0.717) is 5.56 Å². The summed E-state index contributed by atoms with van der Waals surface area (Å²) in [6, 6.07) is 12.6. The van der Waals surface area contributed by atoms with E-state index < -0.39 is 26.4 Å². The van der Waals surface area contributed by atoms with Crippen molar-refractivity contribution in [3.63, 3.8) is 0 Å². The highest BCUT2D eigenvalue weighted by molar-refractivity contribution is 7.91. The van der Waals surface area contributed by atoms with Gasteiger partial charge in [-0.1, -0.05) is 12.1 Å². The quantitative estimate of drug-likeness (QED) is 0.883. The van der Waals surface area contributed by atoms with Crippen LogP contribution in [0.25, 0.3) is 0 Å². The fourth-order valence-electron chi connectivity index (χ4n) is 2.11. The summed E-state index contributed by atoms with van der Waals surface area (Å²) in [5, 5.41) is 11.5. The summed E-state index contributed by atoms with van der Waals surface area (Å²) < 4.78 is 47.7. The van der Waals surface area contributed by atoms with E-state index in [0.717, 1.165) is 17.7 Å². The van der Waals surface area contributed by atoms with Crippen LogP contribution in [0.5, 0.6) is 0 Å². The second-order valence-corrected chi connectivity index (χ2v) is 7.18. The predicted octanol–water partition coefficient (Wildman–Crippen LogP) is 3.05. The van der Waals surface area contributed by atoms with E-state index in [1.54, 1.807) is 31.2 Å². The number of hydrogen-bond acceptors (Lipinski definition) is 4. The normalized spacial score (nSPS) is 12.4. The van der Waals surface area contributed by atoms with Crippen LogP contribution >= 0.6 is 0 Å². The fraction of sp³-hybridized carbons (Fsp3) is 0.176. The Morgan fingerprint density at radius 1 is 1.08 bits per heavy atom. The zero-order chi connectivity index (χ0) is 18.6. The van der Waals surface area contributed by atoms with Gasteiger partial charge in [0.1, 0.15) is 0 Å². The molecule has 0 aliphatic heterocycles. The van der Waals surface area contributed by atoms with Crippen molar-refractivity contribution in [3.8, 4) is 6.07 Å². The van der Waals surface area contributed by atoms with Gasteiger partial charge >= 0.3 is 5.76 Å². The van der Waals surface area contributed by atoms with Gasteiger partial charge in [-0.05, 0) is 48.9 Å². The molecule has 1 atom stereocenters. The molecule has 1 amide bonds. The fourth-order valence-corrected chi connectivity index (χ4v) is 2.83. The first-order chi connectivity index (χ1) is 11.8. The molecule has 2 aromatic rings. The minimum absolute atomic E-state index is 0.147. The molecule has 2 rings (SSSR count). The van der Waals surface area contributed by atoms with Gasteiger partial charge in [0, 0.05) is 5.56 Å². The maximum atomic E-state index is 12.5. The molecule has 0 bridgehead atoms. The van der Waals surface area contributed by atoms with Gasteiger partial charge in [-0.3, -0.25) is 4.79 Å². The Morgan fingerprint density at radius 3 is 2.12 bits per heavy atom. The van der Waals surface area contributed by atoms with Gasteiger partial charge in [-0.25, -0.2) is 8.42 Å². The van der Waals surface area contributed by atoms with Crippen LogP contribution in [0.3, 0.4) is 0 Å². The third-order valence-electron chi connectivity index (χ3n) is 3.57. The second kappa shape index (κ2) is 7.40. The van der Waals surface area contributed by atoms with Gasteiger partial charge < -0.3 is 5.32 Å². The first-order valence-corrected chi connectivity index (χ1v) is 8.73. The van der Waals surface area contributed by atoms with Gasteiger partial charge in [0.05, 0.1) is 22.6 Å². The maximum absolute atomic E-state index is 12.5. The van der Waals surface area contributed by atoms with Crippen molar-refractivity contribution >= 4 is 15.7 Å². The zero-order valence-electron chi connectivity index (χ0n) is 13.1. The molecule has 0 heterocycles. The lowest BCUT2D eigenvalue weighted by Gasteiger charge is -2.14. The Labute approximate surface area is 143 Å². The van der Waals surface area contributed by atoms with Crippen LogP contribution in [-0.2, 0) is 9.84 Å². The lowest BCUT2D eigenvalue weighted by Crippen LogP contribution is -2.26. The number of nitrogens with one attached hydrogen (secondary N) is 1. The van der Waals surface area contributed by atoms with Crippen molar-refractivity contribution < 1.29 is 22.0 Å². The van der Waals surface area contributed by atoms with E-state index in [9.17, 15) is 22.0 Å². The molecular formula is C17H14F2N2O3S. The third-order valence-corrected chi connectivity index (χ3v) is 4.97. The lowest BCUT2D eigenvalue weighted by molar-refractivity contribution is 0.0940. The Hall–Kier alpha value is -2.79. The monoisotopic (exact) mass is 364 g/mol. The largest absolute Gasteiger partial charge is 0.346 e. The van der Waals surface area contributed by atoms with Crippen molar-refractivity contribution in [1.29, 1.82) is 5.26 Å². The van der Waals surface area contributed by atoms with Gasteiger partial charge in [-0.15, -0.1) is 0 Å². The predicted molar refractivity (Wildman–Crippen MR) is 86.7 cm³/mol. The number of benzene rings is 2. The van der Waals surface area contributed by atoms with E-state index in [2.05, 4.69) is 5.32 Å². The Morgan fingerprint density at radius 2 is 1.64 bits per heavy atom. The van der Waals surface area contributed by atoms with Crippen LogP contribution in [0, 0.1) is 11.3 Å². The summed E-state index contributed by atoms with van der Waals surface area (Å²) in [7, 11) is -4.68. The summed E-state index contributed by atoms with van der Waals surface area (Å²) in [4.78, 5) is 11.6. The molecule has 1 N–H and O–H groups in total. The van der Waals surface area contributed by atoms with E-state index in [1.807, 2.05) is 6.07 Å². The Kier molecular flexibility index (Phi) is 5.49. The number of amides is 1. The van der Waals surface area contributed by atoms with Crippen LogP contribution in [0.15, 0.2) is 53.4 Å². The first kappa shape index (κ1) is 18.5. The number of nitriles is 1. The average Bonchev–Trinajstić information content (AvgIpc) is 2.61. The number of nitrogens with zero attached hydrogens (tertiary/aromatic N) is 1. The van der Waals surface area contributed by atoms with Crippen LogP contribution < -0.4 is 5.32 Å². The number of rotatable bonds is 5. The molecule has 0 aromatic heterocycles. The molecule has 0 aliphatic carbocycles. The van der Waals surface area contributed by atoms with Gasteiger partial charge in [0.25, 0.3) is 5.91 Å². The van der Waals surface area contributed by atoms with Gasteiger partial charge in [0.15, 0.2) is 0 Å². The van der Waals surface area contributed by atoms with Crippen molar-refractivity contribution in [2.45, 2.75) is 23.6 Å². The van der Waals surface area contributed by atoms with E-state index in [-0.39, 0.29) is 11.6 Å². The summed E-state index contributed by atoms with van der Waals surface area (Å²) >= 11 is 0. The number of sulfone groups is 1. The molecule has 5 nitrogen and oxygen atoms in total. The lowest BCUT2D eigenvalue weighted by atomic mass is 10.1. The highest BCUT2D eigenvalue weighted by Gasteiger charge is 2.26. The molecule has 0 spiro atoms. The number of carbonyl (C=O) groups excluding carboxylic acids is 1. The number of carbonyl (C=O) groups is 1. The van der Waals surface area contributed by atoms with Crippen LogP contribution in [-0.4, -0.2) is 20.1 Å². The molecule has 2 aromatic carbocycles. The molecule has 0 saturated heterocycles. The topological polar surface area (TPSA) is 87.0 Å². The minimum Gasteiger partial charge on any atom is -0.346 e. The number of hydrogen-bond donors (Lipinski definition) is 1. The smallest absolute Gasteiger partial charge is 0.341 e. The molecule has 25 heavy (non-hydrogen) atoms. The molecule has 0 saturated carbocycles. The first-order valence-electron chi connectivity index (χ1n) is 7.18. The zero-order valence-corrected chi connectivity index (χ0v) is 13.9. The SMILES string of the molecule is CC(NC(=O)c1ccc(S(=O)(=O)C(F)F)cc1)c1ccc(C#N)cc1. The van der Waals surface area contributed by atoms with E-state index in [4.69, 9.17) is 5.26 Å². The van der Waals surface area contributed by atoms with Crippen molar-refractivity contribution in [2.75, 3.05) is 0 Å².